The van der Waals surface area contributed by atoms with Gasteiger partial charge in [-0.15, -0.1) is 0 Å². The first-order valence-corrected chi connectivity index (χ1v) is 13.3. The lowest BCUT2D eigenvalue weighted by atomic mass is 9.71. The van der Waals surface area contributed by atoms with E-state index in [1.54, 1.807) is 0 Å². The molecule has 5 rings (SSSR count). The van der Waals surface area contributed by atoms with Crippen molar-refractivity contribution in [3.63, 3.8) is 0 Å². The van der Waals surface area contributed by atoms with E-state index in [2.05, 4.69) is 20.9 Å². The number of anilines is 1. The van der Waals surface area contributed by atoms with Crippen molar-refractivity contribution >= 4 is 40.7 Å². The van der Waals surface area contributed by atoms with Crippen molar-refractivity contribution in [1.82, 2.24) is 14.8 Å². The number of aromatic nitrogens is 1. The van der Waals surface area contributed by atoms with Crippen molar-refractivity contribution in [2.45, 2.75) is 50.5 Å². The Morgan fingerprint density at radius 1 is 1.03 bits per heavy atom. The van der Waals surface area contributed by atoms with Crippen LogP contribution in [0.15, 0.2) is 36.4 Å². The number of piperidine rings is 2. The Morgan fingerprint density at radius 3 is 2.51 bits per heavy atom. The number of carbonyl (C=O) groups is 2. The molecule has 1 aromatic carbocycles. The van der Waals surface area contributed by atoms with Crippen LogP contribution in [0.5, 0.6) is 0 Å². The number of hydrogen-bond acceptors (Lipinski definition) is 5. The fourth-order valence-electron chi connectivity index (χ4n) is 5.72. The molecular weight excluding hydrogens is 483 g/mol. The highest BCUT2D eigenvalue weighted by molar-refractivity contribution is 6.42. The molecule has 3 aliphatic rings. The van der Waals surface area contributed by atoms with Crippen molar-refractivity contribution in [3.05, 3.63) is 57.7 Å². The number of likely N-dealkylation sites (tertiary alicyclic amines) is 2. The fourth-order valence-corrected chi connectivity index (χ4v) is 6.01. The second-order valence-corrected chi connectivity index (χ2v) is 11.1. The van der Waals surface area contributed by atoms with Gasteiger partial charge in [-0.25, -0.2) is 4.98 Å². The summed E-state index contributed by atoms with van der Waals surface area (Å²) in [6.07, 6.45) is 3.55. The third kappa shape index (κ3) is 5.26. The van der Waals surface area contributed by atoms with Gasteiger partial charge in [0.25, 0.3) is 0 Å². The van der Waals surface area contributed by atoms with E-state index >= 15 is 0 Å². The summed E-state index contributed by atoms with van der Waals surface area (Å²) in [5, 5.41) is 1.09. The minimum absolute atomic E-state index is 0.113. The number of rotatable bonds is 6. The van der Waals surface area contributed by atoms with Gasteiger partial charge in [0.15, 0.2) is 0 Å². The predicted octanol–water partition coefficient (Wildman–Crippen LogP) is 4.50. The van der Waals surface area contributed by atoms with Gasteiger partial charge in [-0.05, 0) is 56.1 Å². The van der Waals surface area contributed by atoms with E-state index in [0.29, 0.717) is 53.5 Å². The molecule has 3 aliphatic heterocycles. The van der Waals surface area contributed by atoms with Crippen molar-refractivity contribution in [2.75, 3.05) is 44.2 Å². The zero-order chi connectivity index (χ0) is 24.6. The van der Waals surface area contributed by atoms with E-state index in [9.17, 15) is 9.59 Å². The zero-order valence-corrected chi connectivity index (χ0v) is 21.7. The van der Waals surface area contributed by atoms with Crippen LogP contribution < -0.4 is 4.90 Å². The maximum Gasteiger partial charge on any atom is 0.228 e. The zero-order valence-electron chi connectivity index (χ0n) is 20.2. The number of aryl methyl sites for hydroxylation is 1. The maximum atomic E-state index is 13.0. The molecule has 3 fully saturated rings. The SMILES string of the molecule is Cc1cccc(N2C[C@@](CCN3CC(N4CCC(=O)CC4)C3)(c3ccc(Cl)c(Cl)c3)CCC2=O)n1. The predicted molar refractivity (Wildman–Crippen MR) is 139 cm³/mol. The Bertz CT molecular complexity index is 1110. The molecule has 6 nitrogen and oxygen atoms in total. The van der Waals surface area contributed by atoms with Crippen LogP contribution in [0.25, 0.3) is 0 Å². The Morgan fingerprint density at radius 2 is 1.80 bits per heavy atom. The molecular formula is C27H32Cl2N4O2. The molecule has 0 aliphatic carbocycles. The number of Topliss-reactive ketones (excluding diaryl/α,β-unsaturated/α-hetero) is 1. The largest absolute Gasteiger partial charge is 0.300 e. The maximum absolute atomic E-state index is 13.0. The summed E-state index contributed by atoms with van der Waals surface area (Å²) in [6.45, 7) is 7.33. The summed E-state index contributed by atoms with van der Waals surface area (Å²) >= 11 is 12.7. The molecule has 1 aromatic heterocycles. The fraction of sp³-hybridized carbons (Fsp3) is 0.519. The van der Waals surface area contributed by atoms with E-state index in [-0.39, 0.29) is 11.3 Å². The highest BCUT2D eigenvalue weighted by Crippen LogP contribution is 2.41. The molecule has 0 N–H and O–H groups in total. The number of ketones is 1. The Balaban J connectivity index is 1.33. The van der Waals surface area contributed by atoms with Crippen molar-refractivity contribution in [3.8, 4) is 0 Å². The normalized spacial score (nSPS) is 24.6. The first-order valence-electron chi connectivity index (χ1n) is 12.5. The molecule has 3 saturated heterocycles. The van der Waals surface area contributed by atoms with Crippen LogP contribution in [-0.2, 0) is 15.0 Å². The molecule has 186 valence electrons. The van der Waals surface area contributed by atoms with Gasteiger partial charge in [0.05, 0.1) is 10.0 Å². The number of hydrogen-bond donors (Lipinski definition) is 0. The molecule has 1 amide bonds. The summed E-state index contributed by atoms with van der Waals surface area (Å²) in [4.78, 5) is 36.0. The van der Waals surface area contributed by atoms with E-state index in [1.165, 1.54) is 0 Å². The lowest BCUT2D eigenvalue weighted by molar-refractivity contribution is -0.122. The smallest absolute Gasteiger partial charge is 0.228 e. The van der Waals surface area contributed by atoms with Crippen LogP contribution >= 0.6 is 23.2 Å². The molecule has 2 aromatic rings. The Hall–Kier alpha value is -1.99. The molecule has 4 heterocycles. The number of amides is 1. The molecule has 0 unspecified atom stereocenters. The molecule has 0 spiro atoms. The topological polar surface area (TPSA) is 56.8 Å². The molecule has 1 atom stereocenters. The van der Waals surface area contributed by atoms with Gasteiger partial charge in [0.1, 0.15) is 11.6 Å². The lowest BCUT2D eigenvalue weighted by Crippen LogP contribution is -2.61. The van der Waals surface area contributed by atoms with Gasteiger partial charge in [-0.1, -0.05) is 35.3 Å². The number of benzene rings is 1. The lowest BCUT2D eigenvalue weighted by Gasteiger charge is -2.49. The van der Waals surface area contributed by atoms with Crippen LogP contribution in [0, 0.1) is 6.92 Å². The van der Waals surface area contributed by atoms with Crippen molar-refractivity contribution in [2.24, 2.45) is 0 Å². The number of carbonyl (C=O) groups excluding carboxylic acids is 2. The molecule has 0 radical (unpaired) electrons. The van der Waals surface area contributed by atoms with Crippen molar-refractivity contribution in [1.29, 1.82) is 0 Å². The van der Waals surface area contributed by atoms with Crippen LogP contribution in [-0.4, -0.2) is 71.8 Å². The van der Waals surface area contributed by atoms with Gasteiger partial charge in [0.2, 0.25) is 5.91 Å². The van der Waals surface area contributed by atoms with E-state index in [0.717, 1.165) is 56.8 Å². The summed E-state index contributed by atoms with van der Waals surface area (Å²) in [5.41, 5.74) is 1.80. The van der Waals surface area contributed by atoms with Gasteiger partial charge in [0, 0.05) is 69.1 Å². The second kappa shape index (κ2) is 10.2. The van der Waals surface area contributed by atoms with Gasteiger partial charge >= 0.3 is 0 Å². The van der Waals surface area contributed by atoms with Gasteiger partial charge in [-0.2, -0.15) is 0 Å². The highest BCUT2D eigenvalue weighted by atomic mass is 35.5. The second-order valence-electron chi connectivity index (χ2n) is 10.3. The van der Waals surface area contributed by atoms with Crippen molar-refractivity contribution < 1.29 is 9.59 Å². The number of nitrogens with zero attached hydrogens (tertiary/aromatic N) is 4. The monoisotopic (exact) mass is 514 g/mol. The van der Waals surface area contributed by atoms with E-state index in [4.69, 9.17) is 23.2 Å². The molecule has 35 heavy (non-hydrogen) atoms. The summed E-state index contributed by atoms with van der Waals surface area (Å²) in [6, 6.07) is 12.3. The summed E-state index contributed by atoms with van der Waals surface area (Å²) < 4.78 is 0. The third-order valence-corrected chi connectivity index (χ3v) is 8.72. The van der Waals surface area contributed by atoms with Crippen LogP contribution in [0.3, 0.4) is 0 Å². The van der Waals surface area contributed by atoms with E-state index < -0.39 is 0 Å². The van der Waals surface area contributed by atoms with Gasteiger partial charge < -0.3 is 4.90 Å². The highest BCUT2D eigenvalue weighted by Gasteiger charge is 2.42. The Kier molecular flexibility index (Phi) is 7.18. The Labute approximate surface area is 217 Å². The summed E-state index contributed by atoms with van der Waals surface area (Å²) in [5.74, 6) is 1.21. The summed E-state index contributed by atoms with van der Waals surface area (Å²) in [7, 11) is 0. The average molecular weight is 515 g/mol. The molecule has 0 bridgehead atoms. The molecule has 0 saturated carbocycles. The average Bonchev–Trinajstić information content (AvgIpc) is 2.82. The first-order chi connectivity index (χ1) is 16.8. The number of halogens is 2. The van der Waals surface area contributed by atoms with Crippen LogP contribution in [0.4, 0.5) is 5.82 Å². The van der Waals surface area contributed by atoms with Crippen LogP contribution in [0.2, 0.25) is 10.0 Å². The van der Waals surface area contributed by atoms with Gasteiger partial charge in [-0.3, -0.25) is 19.4 Å². The minimum atomic E-state index is -0.226. The van der Waals surface area contributed by atoms with Crippen LogP contribution in [0.1, 0.15) is 43.4 Å². The minimum Gasteiger partial charge on any atom is -0.300 e. The quantitative estimate of drug-likeness (QED) is 0.567. The first kappa shape index (κ1) is 24.7. The molecule has 8 heteroatoms. The number of pyridine rings is 1. The third-order valence-electron chi connectivity index (χ3n) is 7.98. The standard InChI is InChI=1S/C27H32Cl2N4O2/c1-19-3-2-4-25(30-19)33-18-27(10-7-26(33)35,20-5-6-23(28)24(29)15-20)11-14-31-16-21(17-31)32-12-8-22(34)9-13-32/h2-6,15,21H,7-14,16-18H2,1H3/t27-/m1/s1. The van der Waals surface area contributed by atoms with E-state index in [1.807, 2.05) is 42.2 Å².